The summed E-state index contributed by atoms with van der Waals surface area (Å²) in [5, 5.41) is 0. The average molecular weight is 372 g/mol. The van der Waals surface area contributed by atoms with E-state index in [-0.39, 0.29) is 24.3 Å². The molecule has 1 saturated heterocycles. The van der Waals surface area contributed by atoms with Gasteiger partial charge in [-0.2, -0.15) is 13.2 Å². The number of hydrogen-bond donors (Lipinski definition) is 0. The van der Waals surface area contributed by atoms with Gasteiger partial charge < -0.3 is 4.74 Å². The number of halogens is 5. The van der Waals surface area contributed by atoms with Gasteiger partial charge in [0.2, 0.25) is 5.91 Å². The van der Waals surface area contributed by atoms with Crippen LogP contribution in [0.25, 0.3) is 0 Å². The van der Waals surface area contributed by atoms with Crippen molar-refractivity contribution in [2.24, 2.45) is 0 Å². The van der Waals surface area contributed by atoms with Crippen LogP contribution < -0.4 is 9.64 Å². The fourth-order valence-corrected chi connectivity index (χ4v) is 3.01. The van der Waals surface area contributed by atoms with Crippen molar-refractivity contribution < 1.29 is 31.5 Å². The molecule has 1 aliphatic heterocycles. The van der Waals surface area contributed by atoms with Gasteiger partial charge in [0.15, 0.2) is 0 Å². The van der Waals surface area contributed by atoms with E-state index < -0.39 is 41.0 Å². The topological polar surface area (TPSA) is 42.4 Å². The van der Waals surface area contributed by atoms with E-state index >= 15 is 0 Å². The molecule has 9 heteroatoms. The van der Waals surface area contributed by atoms with Crippen molar-refractivity contribution in [2.75, 3.05) is 18.6 Å². The van der Waals surface area contributed by atoms with Crippen LogP contribution in [0.4, 0.5) is 27.8 Å². The maximum Gasteiger partial charge on any atom is 0.419 e. The SMILES string of the molecule is COc1cc(F)c(C2CC(=O)N(c3ncccc3C(F)(F)F)C2)c(F)c1. The summed E-state index contributed by atoms with van der Waals surface area (Å²) in [5.41, 5.74) is -1.43. The van der Waals surface area contributed by atoms with Gasteiger partial charge in [0.25, 0.3) is 0 Å². The van der Waals surface area contributed by atoms with E-state index in [1.54, 1.807) is 0 Å². The lowest BCUT2D eigenvalue weighted by Crippen LogP contribution is -2.28. The lowest BCUT2D eigenvalue weighted by Gasteiger charge is -2.20. The van der Waals surface area contributed by atoms with Crippen molar-refractivity contribution in [3.8, 4) is 5.75 Å². The lowest BCUT2D eigenvalue weighted by molar-refractivity contribution is -0.137. The second-order valence-electron chi connectivity index (χ2n) is 5.78. The molecule has 4 nitrogen and oxygen atoms in total. The molecule has 1 aliphatic rings. The molecule has 2 aromatic rings. The Morgan fingerprint density at radius 3 is 2.46 bits per heavy atom. The first kappa shape index (κ1) is 18.1. The number of anilines is 1. The summed E-state index contributed by atoms with van der Waals surface area (Å²) in [6, 6.07) is 3.84. The molecule has 0 radical (unpaired) electrons. The molecular formula is C17H13F5N2O2. The molecule has 138 valence electrons. The van der Waals surface area contributed by atoms with Crippen molar-refractivity contribution in [3.05, 3.63) is 53.2 Å². The number of carbonyl (C=O) groups excluding carboxylic acids is 1. The van der Waals surface area contributed by atoms with Crippen molar-refractivity contribution in [3.63, 3.8) is 0 Å². The molecule has 1 fully saturated rings. The third kappa shape index (κ3) is 3.21. The van der Waals surface area contributed by atoms with Crippen LogP contribution in [0, 0.1) is 11.6 Å². The summed E-state index contributed by atoms with van der Waals surface area (Å²) >= 11 is 0. The van der Waals surface area contributed by atoms with E-state index in [2.05, 4.69) is 4.98 Å². The number of hydrogen-bond acceptors (Lipinski definition) is 3. The largest absolute Gasteiger partial charge is 0.497 e. The maximum absolute atomic E-state index is 14.2. The standard InChI is InChI=1S/C17H13F5N2O2/c1-26-10-6-12(18)15(13(19)7-10)9-5-14(25)24(8-9)16-11(17(20,21)22)3-2-4-23-16/h2-4,6-7,9H,5,8H2,1H3. The summed E-state index contributed by atoms with van der Waals surface area (Å²) < 4.78 is 72.7. The summed E-state index contributed by atoms with van der Waals surface area (Å²) in [4.78, 5) is 16.7. The van der Waals surface area contributed by atoms with Gasteiger partial charge in [0.05, 0.1) is 12.7 Å². The van der Waals surface area contributed by atoms with Crippen molar-refractivity contribution >= 4 is 11.7 Å². The molecule has 0 saturated carbocycles. The highest BCUT2D eigenvalue weighted by Gasteiger charge is 2.41. The normalized spacial score (nSPS) is 17.7. The Hall–Kier alpha value is -2.71. The van der Waals surface area contributed by atoms with E-state index in [1.165, 1.54) is 7.11 Å². The van der Waals surface area contributed by atoms with Gasteiger partial charge >= 0.3 is 6.18 Å². The highest BCUT2D eigenvalue weighted by Crippen LogP contribution is 2.40. The Bertz CT molecular complexity index is 830. The third-order valence-electron chi connectivity index (χ3n) is 4.17. The minimum Gasteiger partial charge on any atom is -0.497 e. The molecule has 3 rings (SSSR count). The maximum atomic E-state index is 14.2. The van der Waals surface area contributed by atoms with E-state index in [1.807, 2.05) is 0 Å². The molecule has 1 aromatic carbocycles. The molecule has 0 aliphatic carbocycles. The van der Waals surface area contributed by atoms with E-state index in [0.29, 0.717) is 0 Å². The van der Waals surface area contributed by atoms with Crippen LogP contribution in [0.5, 0.6) is 5.75 Å². The van der Waals surface area contributed by atoms with Crippen molar-refractivity contribution in [2.45, 2.75) is 18.5 Å². The van der Waals surface area contributed by atoms with Crippen LogP contribution in [0.15, 0.2) is 30.5 Å². The molecule has 1 atom stereocenters. The highest BCUT2D eigenvalue weighted by atomic mass is 19.4. The van der Waals surface area contributed by atoms with Crippen LogP contribution in [-0.2, 0) is 11.0 Å². The fourth-order valence-electron chi connectivity index (χ4n) is 3.01. The molecular weight excluding hydrogens is 359 g/mol. The monoisotopic (exact) mass is 372 g/mol. The van der Waals surface area contributed by atoms with E-state index in [4.69, 9.17) is 4.74 Å². The number of amides is 1. The molecule has 1 amide bonds. The Labute approximate surface area is 145 Å². The number of benzene rings is 1. The van der Waals surface area contributed by atoms with Gasteiger partial charge in [-0.1, -0.05) is 0 Å². The number of rotatable bonds is 3. The van der Waals surface area contributed by atoms with Gasteiger partial charge in [-0.3, -0.25) is 9.69 Å². The summed E-state index contributed by atoms with van der Waals surface area (Å²) in [6.07, 6.45) is -3.91. The quantitative estimate of drug-likeness (QED) is 0.768. The molecule has 0 N–H and O–H groups in total. The Morgan fingerprint density at radius 2 is 1.88 bits per heavy atom. The molecule has 1 unspecified atom stereocenters. The Morgan fingerprint density at radius 1 is 1.23 bits per heavy atom. The number of ether oxygens (including phenoxy) is 1. The highest BCUT2D eigenvalue weighted by molar-refractivity contribution is 5.96. The fraction of sp³-hybridized carbons (Fsp3) is 0.294. The summed E-state index contributed by atoms with van der Waals surface area (Å²) in [5.74, 6) is -4.06. The Balaban J connectivity index is 1.97. The second-order valence-corrected chi connectivity index (χ2v) is 5.78. The van der Waals surface area contributed by atoms with Gasteiger partial charge in [-0.05, 0) is 12.1 Å². The van der Waals surface area contributed by atoms with Crippen LogP contribution in [0.2, 0.25) is 0 Å². The third-order valence-corrected chi connectivity index (χ3v) is 4.17. The average Bonchev–Trinajstić information content (AvgIpc) is 2.94. The van der Waals surface area contributed by atoms with Crippen molar-refractivity contribution in [1.82, 2.24) is 4.98 Å². The van der Waals surface area contributed by atoms with Crippen molar-refractivity contribution in [1.29, 1.82) is 0 Å². The Kier molecular flexibility index (Phi) is 4.55. The molecule has 1 aromatic heterocycles. The van der Waals surface area contributed by atoms with Crippen LogP contribution in [-0.4, -0.2) is 24.5 Å². The number of aromatic nitrogens is 1. The summed E-state index contributed by atoms with van der Waals surface area (Å²) in [7, 11) is 1.24. The molecule has 0 spiro atoms. The van der Waals surface area contributed by atoms with E-state index in [0.717, 1.165) is 35.4 Å². The lowest BCUT2D eigenvalue weighted by atomic mass is 9.97. The first-order chi connectivity index (χ1) is 12.2. The molecule has 26 heavy (non-hydrogen) atoms. The summed E-state index contributed by atoms with van der Waals surface area (Å²) in [6.45, 7) is -0.306. The zero-order chi connectivity index (χ0) is 19.1. The minimum absolute atomic E-state index is 0.0333. The molecule has 0 bridgehead atoms. The van der Waals surface area contributed by atoms with Gasteiger partial charge in [-0.15, -0.1) is 0 Å². The van der Waals surface area contributed by atoms with Crippen LogP contribution >= 0.6 is 0 Å². The van der Waals surface area contributed by atoms with E-state index in [9.17, 15) is 26.7 Å². The van der Waals surface area contributed by atoms with Crippen LogP contribution in [0.3, 0.4) is 0 Å². The number of alkyl halides is 3. The number of methoxy groups -OCH3 is 1. The van der Waals surface area contributed by atoms with Gasteiger partial charge in [-0.25, -0.2) is 13.8 Å². The number of nitrogens with zero attached hydrogens (tertiary/aromatic N) is 2. The number of carbonyl (C=O) groups is 1. The first-order valence-corrected chi connectivity index (χ1v) is 7.58. The first-order valence-electron chi connectivity index (χ1n) is 7.58. The van der Waals surface area contributed by atoms with Crippen LogP contribution in [0.1, 0.15) is 23.5 Å². The smallest absolute Gasteiger partial charge is 0.419 e. The molecule has 2 heterocycles. The zero-order valence-corrected chi connectivity index (χ0v) is 13.5. The number of pyridine rings is 1. The van der Waals surface area contributed by atoms with Gasteiger partial charge in [0, 0.05) is 42.8 Å². The second kappa shape index (κ2) is 6.54. The zero-order valence-electron chi connectivity index (χ0n) is 13.5. The predicted octanol–water partition coefficient (Wildman–Crippen LogP) is 3.91. The predicted molar refractivity (Wildman–Crippen MR) is 81.9 cm³/mol. The minimum atomic E-state index is -4.71. The van der Waals surface area contributed by atoms with Gasteiger partial charge in [0.1, 0.15) is 23.2 Å².